The fourth-order valence-corrected chi connectivity index (χ4v) is 2.58. The minimum absolute atomic E-state index is 0.218. The molecule has 0 aliphatic heterocycles. The Morgan fingerprint density at radius 3 is 2.70 bits per heavy atom. The zero-order chi connectivity index (χ0) is 14.5. The first-order chi connectivity index (χ1) is 9.60. The van der Waals surface area contributed by atoms with E-state index >= 15 is 0 Å². The van der Waals surface area contributed by atoms with Gasteiger partial charge in [-0.2, -0.15) is 5.26 Å². The third-order valence-corrected chi connectivity index (χ3v) is 3.83. The molecule has 1 saturated carbocycles. The minimum atomic E-state index is -0.726. The molecule has 1 aliphatic carbocycles. The van der Waals surface area contributed by atoms with Crippen LogP contribution in [-0.2, 0) is 11.3 Å². The van der Waals surface area contributed by atoms with Crippen LogP contribution in [0.3, 0.4) is 0 Å². The van der Waals surface area contributed by atoms with Crippen molar-refractivity contribution in [2.24, 2.45) is 5.92 Å². The van der Waals surface area contributed by atoms with Gasteiger partial charge in [0.05, 0.1) is 17.6 Å². The van der Waals surface area contributed by atoms with Crippen molar-refractivity contribution in [3.63, 3.8) is 0 Å². The Morgan fingerprint density at radius 2 is 2.10 bits per heavy atom. The highest BCUT2D eigenvalue weighted by Gasteiger charge is 2.25. The Bertz CT molecular complexity index is 531. The van der Waals surface area contributed by atoms with Crippen LogP contribution in [0.25, 0.3) is 0 Å². The van der Waals surface area contributed by atoms with Crippen LogP contribution in [0.5, 0.6) is 0 Å². The second-order valence-corrected chi connectivity index (χ2v) is 5.19. The van der Waals surface area contributed by atoms with Crippen LogP contribution in [-0.4, -0.2) is 17.1 Å². The van der Waals surface area contributed by atoms with E-state index in [1.165, 1.54) is 12.1 Å². The van der Waals surface area contributed by atoms with E-state index in [1.54, 1.807) is 6.07 Å². The largest absolute Gasteiger partial charge is 0.481 e. The summed E-state index contributed by atoms with van der Waals surface area (Å²) in [5, 5.41) is 21.0. The molecule has 0 aromatic heterocycles. The molecular formula is C15H17FN2O2. The Hall–Kier alpha value is -1.93. The van der Waals surface area contributed by atoms with Crippen LogP contribution >= 0.6 is 0 Å². The molecule has 0 amide bonds. The van der Waals surface area contributed by atoms with Gasteiger partial charge >= 0.3 is 5.97 Å². The molecule has 1 aliphatic rings. The molecule has 0 bridgehead atoms. The van der Waals surface area contributed by atoms with E-state index in [0.29, 0.717) is 30.5 Å². The lowest BCUT2D eigenvalue weighted by Crippen LogP contribution is -2.34. The molecule has 0 saturated heterocycles. The average Bonchev–Trinajstić information content (AvgIpc) is 2.47. The topological polar surface area (TPSA) is 73.1 Å². The highest BCUT2D eigenvalue weighted by Crippen LogP contribution is 2.24. The molecule has 0 heterocycles. The van der Waals surface area contributed by atoms with Gasteiger partial charge in [0, 0.05) is 18.2 Å². The van der Waals surface area contributed by atoms with Crippen molar-refractivity contribution in [1.29, 1.82) is 5.26 Å². The summed E-state index contributed by atoms with van der Waals surface area (Å²) in [6.07, 6.45) is 2.90. The molecule has 1 aromatic rings. The molecule has 0 spiro atoms. The molecule has 106 valence electrons. The lowest BCUT2D eigenvalue weighted by molar-refractivity contribution is -0.142. The summed E-state index contributed by atoms with van der Waals surface area (Å²) in [4.78, 5) is 10.9. The number of rotatable bonds is 4. The molecule has 1 aromatic carbocycles. The van der Waals surface area contributed by atoms with Gasteiger partial charge in [-0.3, -0.25) is 4.79 Å². The van der Waals surface area contributed by atoms with Crippen LogP contribution in [0.1, 0.15) is 36.8 Å². The molecule has 0 atom stereocenters. The van der Waals surface area contributed by atoms with Crippen molar-refractivity contribution in [1.82, 2.24) is 5.32 Å². The minimum Gasteiger partial charge on any atom is -0.481 e. The maximum absolute atomic E-state index is 13.6. The zero-order valence-corrected chi connectivity index (χ0v) is 11.1. The van der Waals surface area contributed by atoms with Crippen LogP contribution < -0.4 is 5.32 Å². The standard InChI is InChI=1S/C15H17FN2O2/c16-14-6-1-10(8-17)7-12(14)9-18-13-4-2-11(3-5-13)15(19)20/h1,6-7,11,13,18H,2-5,9H2,(H,19,20). The normalized spacial score (nSPS) is 22.2. The van der Waals surface area contributed by atoms with E-state index < -0.39 is 5.97 Å². The van der Waals surface area contributed by atoms with Gasteiger partial charge in [-0.25, -0.2) is 4.39 Å². The third kappa shape index (κ3) is 3.55. The fourth-order valence-electron chi connectivity index (χ4n) is 2.58. The Kier molecular flexibility index (Phi) is 4.70. The van der Waals surface area contributed by atoms with E-state index in [4.69, 9.17) is 10.4 Å². The first kappa shape index (κ1) is 14.5. The highest BCUT2D eigenvalue weighted by molar-refractivity contribution is 5.70. The quantitative estimate of drug-likeness (QED) is 0.885. The third-order valence-electron chi connectivity index (χ3n) is 3.83. The molecule has 2 N–H and O–H groups in total. The first-order valence-electron chi connectivity index (χ1n) is 6.75. The number of carboxylic acids is 1. The Balaban J connectivity index is 1.88. The Labute approximate surface area is 117 Å². The number of hydrogen-bond donors (Lipinski definition) is 2. The lowest BCUT2D eigenvalue weighted by atomic mass is 9.86. The van der Waals surface area contributed by atoms with Gasteiger partial charge in [-0.05, 0) is 43.9 Å². The lowest BCUT2D eigenvalue weighted by Gasteiger charge is -2.27. The number of benzene rings is 1. The van der Waals surface area contributed by atoms with Crippen LogP contribution in [0.2, 0.25) is 0 Å². The second-order valence-electron chi connectivity index (χ2n) is 5.19. The van der Waals surface area contributed by atoms with Crippen LogP contribution in [0.15, 0.2) is 18.2 Å². The molecule has 0 unspecified atom stereocenters. The average molecular weight is 276 g/mol. The molecule has 1 fully saturated rings. The summed E-state index contributed by atoms with van der Waals surface area (Å²) in [5.74, 6) is -1.29. The molecular weight excluding hydrogens is 259 g/mol. The van der Waals surface area contributed by atoms with Crippen molar-refractivity contribution < 1.29 is 14.3 Å². The second kappa shape index (κ2) is 6.49. The summed E-state index contributed by atoms with van der Waals surface area (Å²) < 4.78 is 13.6. The number of carbonyl (C=O) groups is 1. The van der Waals surface area contributed by atoms with Crippen molar-refractivity contribution in [3.05, 3.63) is 35.1 Å². The number of nitrogens with one attached hydrogen (secondary N) is 1. The fraction of sp³-hybridized carbons (Fsp3) is 0.467. The first-order valence-corrected chi connectivity index (χ1v) is 6.75. The smallest absolute Gasteiger partial charge is 0.306 e. The number of nitriles is 1. The van der Waals surface area contributed by atoms with Crippen LogP contribution in [0.4, 0.5) is 4.39 Å². The van der Waals surface area contributed by atoms with Crippen molar-refractivity contribution in [2.45, 2.75) is 38.3 Å². The summed E-state index contributed by atoms with van der Waals surface area (Å²) >= 11 is 0. The van der Waals surface area contributed by atoms with Crippen LogP contribution in [0, 0.1) is 23.1 Å². The van der Waals surface area contributed by atoms with Gasteiger partial charge in [-0.1, -0.05) is 0 Å². The summed E-state index contributed by atoms with van der Waals surface area (Å²) in [6.45, 7) is 0.365. The molecule has 20 heavy (non-hydrogen) atoms. The molecule has 0 radical (unpaired) electrons. The van der Waals surface area contributed by atoms with Crippen molar-refractivity contribution >= 4 is 5.97 Å². The molecule has 5 heteroatoms. The number of aliphatic carboxylic acids is 1. The number of hydrogen-bond acceptors (Lipinski definition) is 3. The maximum Gasteiger partial charge on any atom is 0.306 e. The summed E-state index contributed by atoms with van der Waals surface area (Å²) in [6, 6.07) is 6.51. The van der Waals surface area contributed by atoms with Crippen molar-refractivity contribution in [2.75, 3.05) is 0 Å². The number of halogens is 1. The van der Waals surface area contributed by atoms with E-state index in [-0.39, 0.29) is 17.8 Å². The van der Waals surface area contributed by atoms with Gasteiger partial charge in [0.1, 0.15) is 5.82 Å². The van der Waals surface area contributed by atoms with E-state index in [1.807, 2.05) is 6.07 Å². The van der Waals surface area contributed by atoms with E-state index in [0.717, 1.165) is 12.8 Å². The van der Waals surface area contributed by atoms with E-state index in [2.05, 4.69) is 5.32 Å². The maximum atomic E-state index is 13.6. The highest BCUT2D eigenvalue weighted by atomic mass is 19.1. The van der Waals surface area contributed by atoms with Gasteiger partial charge in [0.15, 0.2) is 0 Å². The monoisotopic (exact) mass is 276 g/mol. The molecule has 2 rings (SSSR count). The van der Waals surface area contributed by atoms with E-state index in [9.17, 15) is 9.18 Å². The summed E-state index contributed by atoms with van der Waals surface area (Å²) in [7, 11) is 0. The van der Waals surface area contributed by atoms with Gasteiger partial charge in [0.25, 0.3) is 0 Å². The van der Waals surface area contributed by atoms with Crippen molar-refractivity contribution in [3.8, 4) is 6.07 Å². The Morgan fingerprint density at radius 1 is 1.40 bits per heavy atom. The molecule has 4 nitrogen and oxygen atoms in total. The summed E-state index contributed by atoms with van der Waals surface area (Å²) in [5.41, 5.74) is 0.919. The van der Waals surface area contributed by atoms with Gasteiger partial charge < -0.3 is 10.4 Å². The SMILES string of the molecule is N#Cc1ccc(F)c(CNC2CCC(C(=O)O)CC2)c1. The van der Waals surface area contributed by atoms with Gasteiger partial charge in [0.2, 0.25) is 0 Å². The predicted molar refractivity (Wildman–Crippen MR) is 71.3 cm³/mol. The number of carboxylic acid groups (broad SMARTS) is 1. The zero-order valence-electron chi connectivity index (χ0n) is 11.1. The number of nitrogens with zero attached hydrogens (tertiary/aromatic N) is 1. The predicted octanol–water partition coefficient (Wildman–Crippen LogP) is 2.43. The van der Waals surface area contributed by atoms with Gasteiger partial charge in [-0.15, -0.1) is 0 Å².